The molecule has 0 saturated heterocycles. The number of nitrogens with one attached hydrogen (secondary N) is 1. The van der Waals surface area contributed by atoms with Gasteiger partial charge in [-0.2, -0.15) is 0 Å². The van der Waals surface area contributed by atoms with Crippen molar-refractivity contribution < 1.29 is 14.3 Å². The molecule has 1 aliphatic rings. The molecule has 0 atom stereocenters. The molecule has 2 aromatic rings. The highest BCUT2D eigenvalue weighted by atomic mass is 16.5. The predicted octanol–water partition coefficient (Wildman–Crippen LogP) is 1.51. The molecule has 8 nitrogen and oxygen atoms in total. The van der Waals surface area contributed by atoms with Gasteiger partial charge in [-0.05, 0) is 19.8 Å². The molecule has 1 N–H and O–H groups in total. The molecule has 1 heterocycles. The molecule has 1 aromatic carbocycles. The number of aromatic nitrogens is 3. The molecule has 1 aliphatic carbocycles. The Bertz CT molecular complexity index is 852. The van der Waals surface area contributed by atoms with Gasteiger partial charge in [-0.15, -0.1) is 5.10 Å². The van der Waals surface area contributed by atoms with Gasteiger partial charge in [0.1, 0.15) is 0 Å². The number of benzene rings is 1. The number of hydrogen-bond donors (Lipinski definition) is 1. The molecule has 3 rings (SSSR count). The number of carbonyl (C=O) groups is 2. The normalized spacial score (nSPS) is 13.4. The van der Waals surface area contributed by atoms with Crippen molar-refractivity contribution >= 4 is 11.9 Å². The number of ether oxygens (including phenoxy) is 1. The second-order valence-electron chi connectivity index (χ2n) is 6.45. The Morgan fingerprint density at radius 2 is 1.96 bits per heavy atom. The quantitative estimate of drug-likeness (QED) is 0.673. The Morgan fingerprint density at radius 1 is 1.22 bits per heavy atom. The average Bonchev–Trinajstić information content (AvgIpc) is 3.45. The zero-order valence-electron chi connectivity index (χ0n) is 15.4. The summed E-state index contributed by atoms with van der Waals surface area (Å²) in [5, 5.41) is 7.19. The summed E-state index contributed by atoms with van der Waals surface area (Å²) >= 11 is 0. The molecule has 0 aliphatic heterocycles. The highest BCUT2D eigenvalue weighted by molar-refractivity contribution is 5.81. The van der Waals surface area contributed by atoms with E-state index in [9.17, 15) is 14.4 Å². The van der Waals surface area contributed by atoms with Crippen LogP contribution in [0.3, 0.4) is 0 Å². The minimum Gasteiger partial charge on any atom is -0.466 e. The number of nitrogens with zero attached hydrogens (tertiary/aromatic N) is 3. The second kappa shape index (κ2) is 8.66. The van der Waals surface area contributed by atoms with Crippen molar-refractivity contribution in [2.45, 2.75) is 45.2 Å². The Morgan fingerprint density at radius 3 is 2.63 bits per heavy atom. The van der Waals surface area contributed by atoms with Crippen molar-refractivity contribution in [3.05, 3.63) is 40.8 Å². The van der Waals surface area contributed by atoms with Crippen LogP contribution in [0.5, 0.6) is 0 Å². The maximum absolute atomic E-state index is 12.7. The van der Waals surface area contributed by atoms with Gasteiger partial charge in [-0.3, -0.25) is 14.2 Å². The molecule has 0 bridgehead atoms. The lowest BCUT2D eigenvalue weighted by atomic mass is 10.2. The highest BCUT2D eigenvalue weighted by Crippen LogP contribution is 2.36. The highest BCUT2D eigenvalue weighted by Gasteiger charge is 2.30. The molecule has 0 spiro atoms. The number of amides is 1. The smallest absolute Gasteiger partial charge is 0.346 e. The van der Waals surface area contributed by atoms with Crippen LogP contribution in [0.4, 0.5) is 0 Å². The standard InChI is InChI=1S/C19H24N4O4/c1-2-27-17(25)11-10-16(24)20-12-13-22-19(26)23(15-8-9-15)18(21-22)14-6-4-3-5-7-14/h3-7,15H,2,8-13H2,1H3,(H,20,24). The largest absolute Gasteiger partial charge is 0.466 e. The van der Waals surface area contributed by atoms with Crippen LogP contribution in [-0.4, -0.2) is 39.4 Å². The van der Waals surface area contributed by atoms with E-state index in [-0.39, 0.29) is 49.5 Å². The van der Waals surface area contributed by atoms with Gasteiger partial charge < -0.3 is 10.1 Å². The van der Waals surface area contributed by atoms with Crippen molar-refractivity contribution in [3.63, 3.8) is 0 Å². The summed E-state index contributed by atoms with van der Waals surface area (Å²) in [6.45, 7) is 2.58. The minimum atomic E-state index is -0.389. The van der Waals surface area contributed by atoms with E-state index in [2.05, 4.69) is 10.4 Å². The van der Waals surface area contributed by atoms with Crippen LogP contribution in [0.1, 0.15) is 38.6 Å². The second-order valence-corrected chi connectivity index (χ2v) is 6.45. The van der Waals surface area contributed by atoms with Crippen LogP contribution in [0.15, 0.2) is 35.1 Å². The van der Waals surface area contributed by atoms with Gasteiger partial charge in [0, 0.05) is 24.6 Å². The fourth-order valence-corrected chi connectivity index (χ4v) is 2.85. The zero-order chi connectivity index (χ0) is 19.2. The molecule has 1 amide bonds. The van der Waals surface area contributed by atoms with Gasteiger partial charge in [0.15, 0.2) is 5.82 Å². The third kappa shape index (κ3) is 4.84. The zero-order valence-corrected chi connectivity index (χ0v) is 15.4. The van der Waals surface area contributed by atoms with Gasteiger partial charge in [0.2, 0.25) is 5.91 Å². The van der Waals surface area contributed by atoms with Crippen LogP contribution in [0.2, 0.25) is 0 Å². The topological polar surface area (TPSA) is 95.2 Å². The van der Waals surface area contributed by atoms with Crippen molar-refractivity contribution in [3.8, 4) is 11.4 Å². The van der Waals surface area contributed by atoms with Crippen LogP contribution in [0, 0.1) is 0 Å². The fraction of sp³-hybridized carbons (Fsp3) is 0.474. The van der Waals surface area contributed by atoms with E-state index in [0.29, 0.717) is 12.4 Å². The van der Waals surface area contributed by atoms with Crippen LogP contribution >= 0.6 is 0 Å². The molecule has 1 saturated carbocycles. The SMILES string of the molecule is CCOC(=O)CCC(=O)NCCn1nc(-c2ccccc2)n(C2CC2)c1=O. The summed E-state index contributed by atoms with van der Waals surface area (Å²) in [6.07, 6.45) is 2.08. The summed E-state index contributed by atoms with van der Waals surface area (Å²) in [5.41, 5.74) is 0.746. The van der Waals surface area contributed by atoms with Crippen LogP contribution < -0.4 is 11.0 Å². The average molecular weight is 372 g/mol. The first-order valence-corrected chi connectivity index (χ1v) is 9.27. The van der Waals surface area contributed by atoms with Crippen LogP contribution in [0.25, 0.3) is 11.4 Å². The minimum absolute atomic E-state index is 0.0497. The summed E-state index contributed by atoms with van der Waals surface area (Å²) in [6, 6.07) is 9.83. The van der Waals surface area contributed by atoms with Gasteiger partial charge in [-0.25, -0.2) is 9.48 Å². The van der Waals surface area contributed by atoms with Crippen molar-refractivity contribution in [2.24, 2.45) is 0 Å². The first-order chi connectivity index (χ1) is 13.1. The lowest BCUT2D eigenvalue weighted by Gasteiger charge is -2.05. The van der Waals surface area contributed by atoms with Crippen molar-refractivity contribution in [1.82, 2.24) is 19.7 Å². The molecule has 144 valence electrons. The number of esters is 1. The van der Waals surface area contributed by atoms with Crippen LogP contribution in [-0.2, 0) is 20.9 Å². The Balaban J connectivity index is 1.60. The van der Waals surface area contributed by atoms with E-state index in [1.165, 1.54) is 4.68 Å². The van der Waals surface area contributed by atoms with Crippen molar-refractivity contribution in [1.29, 1.82) is 0 Å². The van der Waals surface area contributed by atoms with E-state index in [0.717, 1.165) is 18.4 Å². The van der Waals surface area contributed by atoms with E-state index in [1.807, 2.05) is 30.3 Å². The maximum atomic E-state index is 12.7. The van der Waals surface area contributed by atoms with E-state index >= 15 is 0 Å². The molecule has 8 heteroatoms. The third-order valence-corrected chi connectivity index (χ3v) is 4.32. The first-order valence-electron chi connectivity index (χ1n) is 9.27. The summed E-state index contributed by atoms with van der Waals surface area (Å²) in [7, 11) is 0. The molecule has 27 heavy (non-hydrogen) atoms. The Kier molecular flexibility index (Phi) is 6.05. The van der Waals surface area contributed by atoms with Gasteiger partial charge in [0.05, 0.1) is 19.6 Å². The van der Waals surface area contributed by atoms with Gasteiger partial charge >= 0.3 is 11.7 Å². The summed E-state index contributed by atoms with van der Waals surface area (Å²) < 4.78 is 7.93. The van der Waals surface area contributed by atoms with Gasteiger partial charge in [0.25, 0.3) is 0 Å². The summed E-state index contributed by atoms with van der Waals surface area (Å²) in [5.74, 6) is 0.0253. The lowest BCUT2D eigenvalue weighted by molar-refractivity contribution is -0.144. The predicted molar refractivity (Wildman–Crippen MR) is 99.1 cm³/mol. The fourth-order valence-electron chi connectivity index (χ4n) is 2.85. The molecule has 1 aromatic heterocycles. The van der Waals surface area contributed by atoms with E-state index in [4.69, 9.17) is 4.74 Å². The maximum Gasteiger partial charge on any atom is 0.346 e. The van der Waals surface area contributed by atoms with Crippen molar-refractivity contribution in [2.75, 3.05) is 13.2 Å². The Labute approximate surface area is 157 Å². The monoisotopic (exact) mass is 372 g/mol. The molecular weight excluding hydrogens is 348 g/mol. The number of hydrogen-bond acceptors (Lipinski definition) is 5. The Hall–Kier alpha value is -2.90. The first kappa shape index (κ1) is 18.9. The van der Waals surface area contributed by atoms with Gasteiger partial charge in [-0.1, -0.05) is 30.3 Å². The molecule has 1 fully saturated rings. The molecule has 0 radical (unpaired) electrons. The molecule has 0 unspecified atom stereocenters. The summed E-state index contributed by atoms with van der Waals surface area (Å²) in [4.78, 5) is 35.8. The van der Waals surface area contributed by atoms with E-state index < -0.39 is 0 Å². The third-order valence-electron chi connectivity index (χ3n) is 4.32. The molecular formula is C19H24N4O4. The lowest BCUT2D eigenvalue weighted by Crippen LogP contribution is -2.32. The number of carbonyl (C=O) groups excluding carboxylic acids is 2. The number of rotatable bonds is 9. The van der Waals surface area contributed by atoms with E-state index in [1.54, 1.807) is 11.5 Å².